The summed E-state index contributed by atoms with van der Waals surface area (Å²) in [4.78, 5) is 18.5. The Kier molecular flexibility index (Phi) is 6.47. The summed E-state index contributed by atoms with van der Waals surface area (Å²) in [7, 11) is 3.13. The Morgan fingerprint density at radius 3 is 2.62 bits per heavy atom. The Hall–Kier alpha value is -3.81. The van der Waals surface area contributed by atoms with E-state index in [2.05, 4.69) is 22.0 Å². The fraction of sp³-hybridized carbons (Fsp3) is 0.190. The zero-order valence-corrected chi connectivity index (χ0v) is 16.3. The quantitative estimate of drug-likeness (QED) is 0.582. The Balaban J connectivity index is 1.74. The fourth-order valence-electron chi connectivity index (χ4n) is 2.67. The highest BCUT2D eigenvalue weighted by Gasteiger charge is 2.18. The molecule has 0 atom stereocenters. The maximum absolute atomic E-state index is 12.6. The molecule has 0 saturated heterocycles. The number of nitrogens with zero attached hydrogens (tertiary/aromatic N) is 3. The van der Waals surface area contributed by atoms with E-state index in [4.69, 9.17) is 14.0 Å². The lowest BCUT2D eigenvalue weighted by Crippen LogP contribution is -2.34. The van der Waals surface area contributed by atoms with Gasteiger partial charge in [-0.25, -0.2) is 4.79 Å². The molecule has 0 aliphatic rings. The molecule has 0 aliphatic carbocycles. The number of anilines is 1. The van der Waals surface area contributed by atoms with Gasteiger partial charge in [0.2, 0.25) is 11.7 Å². The first-order valence-corrected chi connectivity index (χ1v) is 8.91. The van der Waals surface area contributed by atoms with Crippen molar-refractivity contribution in [2.75, 3.05) is 26.1 Å². The van der Waals surface area contributed by atoms with Gasteiger partial charge in [0.15, 0.2) is 11.5 Å². The average Bonchev–Trinajstić information content (AvgIpc) is 3.22. The lowest BCUT2D eigenvalue weighted by Gasteiger charge is -2.19. The van der Waals surface area contributed by atoms with Crippen LogP contribution in [0.15, 0.2) is 65.7 Å². The molecule has 0 aliphatic heterocycles. The molecule has 0 saturated carbocycles. The van der Waals surface area contributed by atoms with E-state index in [1.54, 1.807) is 38.5 Å². The number of nitrogens with one attached hydrogen (secondary N) is 1. The van der Waals surface area contributed by atoms with Gasteiger partial charge in [-0.1, -0.05) is 29.4 Å². The highest BCUT2D eigenvalue weighted by molar-refractivity contribution is 5.89. The van der Waals surface area contributed by atoms with Crippen LogP contribution >= 0.6 is 0 Å². The molecule has 0 unspecified atom stereocenters. The average molecular weight is 394 g/mol. The summed E-state index contributed by atoms with van der Waals surface area (Å²) in [5, 5.41) is 6.84. The van der Waals surface area contributed by atoms with Gasteiger partial charge in [-0.05, 0) is 30.3 Å². The molecule has 150 valence electrons. The number of para-hydroxylation sites is 1. The molecule has 2 amide bonds. The number of hydrogen-bond donors (Lipinski definition) is 1. The summed E-state index contributed by atoms with van der Waals surface area (Å²) in [6, 6.07) is 14.2. The number of rotatable bonds is 8. The minimum atomic E-state index is -0.290. The first-order valence-electron chi connectivity index (χ1n) is 8.91. The zero-order valence-electron chi connectivity index (χ0n) is 16.3. The van der Waals surface area contributed by atoms with Crippen LogP contribution in [0.1, 0.15) is 5.89 Å². The molecule has 3 rings (SSSR count). The van der Waals surface area contributed by atoms with Crippen molar-refractivity contribution in [3.05, 3.63) is 67.1 Å². The lowest BCUT2D eigenvalue weighted by atomic mass is 10.2. The largest absolute Gasteiger partial charge is 0.493 e. The minimum absolute atomic E-state index is 0.144. The highest BCUT2D eigenvalue weighted by atomic mass is 16.5. The third kappa shape index (κ3) is 4.92. The van der Waals surface area contributed by atoms with E-state index in [0.29, 0.717) is 41.0 Å². The third-order valence-electron chi connectivity index (χ3n) is 4.10. The fourth-order valence-corrected chi connectivity index (χ4v) is 2.67. The second-order valence-electron chi connectivity index (χ2n) is 6.05. The van der Waals surface area contributed by atoms with E-state index in [1.165, 1.54) is 4.90 Å². The molecule has 1 heterocycles. The van der Waals surface area contributed by atoms with E-state index in [-0.39, 0.29) is 12.6 Å². The Labute approximate surface area is 168 Å². The Bertz CT molecular complexity index is 972. The number of carbonyl (C=O) groups excluding carboxylic acids is 1. The lowest BCUT2D eigenvalue weighted by molar-refractivity contribution is 0.206. The molecule has 0 spiro atoms. The molecular weight excluding hydrogens is 372 g/mol. The maximum atomic E-state index is 12.6. The van der Waals surface area contributed by atoms with Crippen molar-refractivity contribution in [1.29, 1.82) is 0 Å². The normalized spacial score (nSPS) is 10.3. The molecule has 8 nitrogen and oxygen atoms in total. The maximum Gasteiger partial charge on any atom is 0.322 e. The first-order chi connectivity index (χ1) is 14.1. The van der Waals surface area contributed by atoms with Gasteiger partial charge >= 0.3 is 6.03 Å². The summed E-state index contributed by atoms with van der Waals surface area (Å²) in [6.45, 7) is 4.18. The summed E-state index contributed by atoms with van der Waals surface area (Å²) in [6.07, 6.45) is 1.64. The predicted octanol–water partition coefficient (Wildman–Crippen LogP) is 3.97. The van der Waals surface area contributed by atoms with Crippen molar-refractivity contribution in [3.8, 4) is 22.9 Å². The summed E-state index contributed by atoms with van der Waals surface area (Å²) in [5.74, 6) is 1.87. The molecule has 0 radical (unpaired) electrons. The molecule has 0 bridgehead atoms. The smallest absolute Gasteiger partial charge is 0.322 e. The number of amides is 2. The molecule has 8 heteroatoms. The second kappa shape index (κ2) is 9.41. The number of methoxy groups -OCH3 is 2. The van der Waals surface area contributed by atoms with Crippen molar-refractivity contribution >= 4 is 11.7 Å². The number of hydrogen-bond acceptors (Lipinski definition) is 6. The van der Waals surface area contributed by atoms with Crippen molar-refractivity contribution in [3.63, 3.8) is 0 Å². The monoisotopic (exact) mass is 394 g/mol. The van der Waals surface area contributed by atoms with Gasteiger partial charge in [-0.15, -0.1) is 6.58 Å². The number of ether oxygens (including phenoxy) is 2. The minimum Gasteiger partial charge on any atom is -0.493 e. The van der Waals surface area contributed by atoms with Crippen LogP contribution in [0.2, 0.25) is 0 Å². The van der Waals surface area contributed by atoms with Crippen LogP contribution in [0.4, 0.5) is 10.5 Å². The Morgan fingerprint density at radius 2 is 1.93 bits per heavy atom. The van der Waals surface area contributed by atoms with E-state index >= 15 is 0 Å². The third-order valence-corrected chi connectivity index (χ3v) is 4.10. The summed E-state index contributed by atoms with van der Waals surface area (Å²) < 4.78 is 15.9. The molecule has 2 aromatic carbocycles. The zero-order chi connectivity index (χ0) is 20.6. The van der Waals surface area contributed by atoms with Gasteiger partial charge in [0.05, 0.1) is 14.2 Å². The molecule has 0 fully saturated rings. The van der Waals surface area contributed by atoms with Crippen molar-refractivity contribution < 1.29 is 18.8 Å². The molecule has 1 aromatic heterocycles. The second-order valence-corrected chi connectivity index (χ2v) is 6.05. The number of urea groups is 1. The molecular formula is C21H22N4O4. The molecule has 29 heavy (non-hydrogen) atoms. The van der Waals surface area contributed by atoms with Crippen LogP contribution in [-0.4, -0.2) is 41.8 Å². The topological polar surface area (TPSA) is 89.7 Å². The van der Waals surface area contributed by atoms with E-state index in [1.807, 2.05) is 30.3 Å². The van der Waals surface area contributed by atoms with E-state index in [0.717, 1.165) is 0 Å². The Morgan fingerprint density at radius 1 is 1.17 bits per heavy atom. The standard InChI is InChI=1S/C21H22N4O4/c1-4-12-25(21(26)22-16-8-6-5-7-9-16)14-19-23-20(24-29-19)15-10-11-17(27-2)18(13-15)28-3/h4-11,13H,1,12,14H2,2-3H3,(H,22,26). The summed E-state index contributed by atoms with van der Waals surface area (Å²) >= 11 is 0. The number of aromatic nitrogens is 2. The number of carbonyl (C=O) groups is 1. The van der Waals surface area contributed by atoms with Gasteiger partial charge in [-0.3, -0.25) is 0 Å². The van der Waals surface area contributed by atoms with Crippen molar-refractivity contribution in [1.82, 2.24) is 15.0 Å². The first kappa shape index (κ1) is 19.9. The van der Waals surface area contributed by atoms with Crippen LogP contribution in [-0.2, 0) is 6.54 Å². The SMILES string of the molecule is C=CCN(Cc1nc(-c2ccc(OC)c(OC)c2)no1)C(=O)Nc1ccccc1. The van der Waals surface area contributed by atoms with Crippen molar-refractivity contribution in [2.24, 2.45) is 0 Å². The van der Waals surface area contributed by atoms with Gasteiger partial charge < -0.3 is 24.2 Å². The van der Waals surface area contributed by atoms with Crippen LogP contribution in [0.5, 0.6) is 11.5 Å². The number of benzene rings is 2. The predicted molar refractivity (Wildman–Crippen MR) is 109 cm³/mol. The van der Waals surface area contributed by atoms with Crippen LogP contribution in [0.3, 0.4) is 0 Å². The van der Waals surface area contributed by atoms with Gasteiger partial charge in [0.25, 0.3) is 0 Å². The van der Waals surface area contributed by atoms with Gasteiger partial charge in [-0.2, -0.15) is 4.98 Å². The van der Waals surface area contributed by atoms with Crippen molar-refractivity contribution in [2.45, 2.75) is 6.54 Å². The van der Waals surface area contributed by atoms with Crippen LogP contribution in [0.25, 0.3) is 11.4 Å². The van der Waals surface area contributed by atoms with E-state index < -0.39 is 0 Å². The van der Waals surface area contributed by atoms with Gasteiger partial charge in [0, 0.05) is 17.8 Å². The highest BCUT2D eigenvalue weighted by Crippen LogP contribution is 2.31. The van der Waals surface area contributed by atoms with Crippen LogP contribution in [0, 0.1) is 0 Å². The summed E-state index contributed by atoms with van der Waals surface area (Å²) in [5.41, 5.74) is 1.41. The van der Waals surface area contributed by atoms with Crippen LogP contribution < -0.4 is 14.8 Å². The van der Waals surface area contributed by atoms with E-state index in [9.17, 15) is 4.79 Å². The van der Waals surface area contributed by atoms with Gasteiger partial charge in [0.1, 0.15) is 6.54 Å². The molecule has 3 aromatic rings. The molecule has 1 N–H and O–H groups in total.